The maximum absolute atomic E-state index is 11.1. The molecular formula is C13H22N4O2. The lowest BCUT2D eigenvalue weighted by Gasteiger charge is -2.24. The molecule has 0 aliphatic carbocycles. The summed E-state index contributed by atoms with van der Waals surface area (Å²) in [5.41, 5.74) is 6.01. The lowest BCUT2D eigenvalue weighted by atomic mass is 10.2. The van der Waals surface area contributed by atoms with Crippen molar-refractivity contribution in [3.05, 3.63) is 17.8 Å². The molecule has 0 aromatic carbocycles. The van der Waals surface area contributed by atoms with Gasteiger partial charge in [-0.15, -0.1) is 0 Å². The highest BCUT2D eigenvalue weighted by Gasteiger charge is 2.15. The molecule has 1 unspecified atom stereocenters. The van der Waals surface area contributed by atoms with Crippen LogP contribution in [0.4, 0.5) is 11.5 Å². The van der Waals surface area contributed by atoms with Crippen molar-refractivity contribution in [1.82, 2.24) is 9.88 Å². The zero-order valence-electron chi connectivity index (χ0n) is 11.7. The second-order valence-electron chi connectivity index (χ2n) is 4.50. The molecule has 1 aromatic rings. The lowest BCUT2D eigenvalue weighted by molar-refractivity contribution is 0.0697. The third kappa shape index (κ3) is 4.40. The van der Waals surface area contributed by atoms with Gasteiger partial charge in [-0.3, -0.25) is 0 Å². The number of aromatic carboxylic acids is 1. The van der Waals surface area contributed by atoms with Gasteiger partial charge in [0, 0.05) is 12.6 Å². The Kier molecular flexibility index (Phi) is 5.57. The normalized spacial score (nSPS) is 12.4. The van der Waals surface area contributed by atoms with E-state index < -0.39 is 5.97 Å². The predicted molar refractivity (Wildman–Crippen MR) is 76.5 cm³/mol. The largest absolute Gasteiger partial charge is 0.478 e. The second-order valence-corrected chi connectivity index (χ2v) is 4.50. The van der Waals surface area contributed by atoms with E-state index in [-0.39, 0.29) is 11.6 Å². The maximum atomic E-state index is 11.1. The number of carboxylic acid groups (broad SMARTS) is 1. The van der Waals surface area contributed by atoms with E-state index in [2.05, 4.69) is 29.0 Å². The van der Waals surface area contributed by atoms with Crippen molar-refractivity contribution in [1.29, 1.82) is 0 Å². The molecule has 0 saturated carbocycles. The third-order valence-corrected chi connectivity index (χ3v) is 2.95. The number of rotatable bonds is 7. The predicted octanol–water partition coefficient (Wildman–Crippen LogP) is 1.50. The summed E-state index contributed by atoms with van der Waals surface area (Å²) in [6.45, 7) is 8.95. The fourth-order valence-corrected chi connectivity index (χ4v) is 1.91. The van der Waals surface area contributed by atoms with Crippen LogP contribution < -0.4 is 11.1 Å². The first-order valence-corrected chi connectivity index (χ1v) is 6.45. The van der Waals surface area contributed by atoms with Gasteiger partial charge in [0.25, 0.3) is 0 Å². The maximum Gasteiger partial charge on any atom is 0.339 e. The van der Waals surface area contributed by atoms with E-state index in [1.807, 2.05) is 6.92 Å². The fourth-order valence-electron chi connectivity index (χ4n) is 1.91. The summed E-state index contributed by atoms with van der Waals surface area (Å²) in [5.74, 6) is -0.668. The van der Waals surface area contributed by atoms with Crippen LogP contribution in [0.1, 0.15) is 31.1 Å². The quantitative estimate of drug-likeness (QED) is 0.693. The van der Waals surface area contributed by atoms with Crippen LogP contribution in [0.15, 0.2) is 12.3 Å². The molecule has 0 bridgehead atoms. The van der Waals surface area contributed by atoms with Gasteiger partial charge in [-0.2, -0.15) is 0 Å². The molecule has 1 aromatic heterocycles. The Hall–Kier alpha value is -1.82. The number of carbonyl (C=O) groups is 1. The smallest absolute Gasteiger partial charge is 0.339 e. The molecular weight excluding hydrogens is 244 g/mol. The Bertz CT molecular complexity index is 433. The molecule has 0 aliphatic rings. The van der Waals surface area contributed by atoms with Crippen LogP contribution in [0.5, 0.6) is 0 Å². The first-order chi connectivity index (χ1) is 8.97. The van der Waals surface area contributed by atoms with Gasteiger partial charge in [-0.1, -0.05) is 13.8 Å². The number of hydrogen-bond acceptors (Lipinski definition) is 5. The number of pyridine rings is 1. The number of aromatic nitrogens is 1. The molecule has 1 atom stereocenters. The van der Waals surface area contributed by atoms with E-state index in [1.165, 1.54) is 12.3 Å². The van der Waals surface area contributed by atoms with Gasteiger partial charge in [-0.25, -0.2) is 9.78 Å². The Morgan fingerprint density at radius 3 is 2.68 bits per heavy atom. The van der Waals surface area contributed by atoms with E-state index in [9.17, 15) is 4.79 Å². The third-order valence-electron chi connectivity index (χ3n) is 2.95. The Morgan fingerprint density at radius 2 is 2.16 bits per heavy atom. The molecule has 4 N–H and O–H groups in total. The van der Waals surface area contributed by atoms with Gasteiger partial charge in [0.1, 0.15) is 11.4 Å². The summed E-state index contributed by atoms with van der Waals surface area (Å²) in [7, 11) is 0. The van der Waals surface area contributed by atoms with Crippen LogP contribution in [0.2, 0.25) is 0 Å². The number of nitrogens with zero attached hydrogens (tertiary/aromatic N) is 2. The van der Waals surface area contributed by atoms with Crippen LogP contribution in [0, 0.1) is 0 Å². The molecule has 6 heteroatoms. The fraction of sp³-hybridized carbons (Fsp3) is 0.538. The van der Waals surface area contributed by atoms with Crippen LogP contribution in [-0.2, 0) is 0 Å². The average molecular weight is 266 g/mol. The highest BCUT2D eigenvalue weighted by Crippen LogP contribution is 2.16. The summed E-state index contributed by atoms with van der Waals surface area (Å²) in [4.78, 5) is 17.5. The van der Waals surface area contributed by atoms with Crippen molar-refractivity contribution in [2.75, 3.05) is 30.7 Å². The highest BCUT2D eigenvalue weighted by molar-refractivity contribution is 5.94. The number of nitrogens with two attached hydrogens (primary N) is 1. The highest BCUT2D eigenvalue weighted by atomic mass is 16.4. The molecule has 0 spiro atoms. The van der Waals surface area contributed by atoms with Crippen molar-refractivity contribution in [2.24, 2.45) is 0 Å². The van der Waals surface area contributed by atoms with Gasteiger partial charge in [-0.05, 0) is 26.1 Å². The summed E-state index contributed by atoms with van der Waals surface area (Å²) < 4.78 is 0. The van der Waals surface area contributed by atoms with Crippen LogP contribution in [0.25, 0.3) is 0 Å². The first-order valence-electron chi connectivity index (χ1n) is 6.45. The number of carboxylic acids is 1. The minimum Gasteiger partial charge on any atom is -0.478 e. The number of anilines is 2. The number of likely N-dealkylation sites (N-methyl/N-ethyl adjacent to an activating group) is 1. The van der Waals surface area contributed by atoms with Crippen molar-refractivity contribution in [3.63, 3.8) is 0 Å². The number of hydrogen-bond donors (Lipinski definition) is 3. The Labute approximate surface area is 113 Å². The summed E-state index contributed by atoms with van der Waals surface area (Å²) in [5, 5.41) is 12.3. The Balaban J connectivity index is 2.78. The van der Waals surface area contributed by atoms with Crippen molar-refractivity contribution in [3.8, 4) is 0 Å². The molecule has 106 valence electrons. The van der Waals surface area contributed by atoms with E-state index in [0.717, 1.165) is 19.6 Å². The topological polar surface area (TPSA) is 91.5 Å². The van der Waals surface area contributed by atoms with Crippen LogP contribution >= 0.6 is 0 Å². The monoisotopic (exact) mass is 266 g/mol. The van der Waals surface area contributed by atoms with Crippen LogP contribution in [0.3, 0.4) is 0 Å². The second kappa shape index (κ2) is 6.94. The molecule has 0 saturated heterocycles. The molecule has 0 fully saturated rings. The van der Waals surface area contributed by atoms with Crippen LogP contribution in [-0.4, -0.2) is 46.6 Å². The first kappa shape index (κ1) is 15.2. The van der Waals surface area contributed by atoms with E-state index >= 15 is 0 Å². The molecule has 1 rings (SSSR count). The molecule has 0 radical (unpaired) electrons. The van der Waals surface area contributed by atoms with E-state index in [1.54, 1.807) is 0 Å². The summed E-state index contributed by atoms with van der Waals surface area (Å²) in [6, 6.07) is 1.52. The van der Waals surface area contributed by atoms with Crippen molar-refractivity contribution in [2.45, 2.75) is 26.8 Å². The molecule has 19 heavy (non-hydrogen) atoms. The number of nitrogens with one attached hydrogen (secondary N) is 1. The van der Waals surface area contributed by atoms with Gasteiger partial charge >= 0.3 is 5.97 Å². The summed E-state index contributed by atoms with van der Waals surface area (Å²) in [6.07, 6.45) is 1.46. The SMILES string of the molecule is CCN(CC)CC(C)Nc1ncc(N)cc1C(=O)O. The van der Waals surface area contributed by atoms with Crippen molar-refractivity contribution >= 4 is 17.5 Å². The Morgan fingerprint density at radius 1 is 1.53 bits per heavy atom. The van der Waals surface area contributed by atoms with Crippen molar-refractivity contribution < 1.29 is 9.90 Å². The van der Waals surface area contributed by atoms with Gasteiger partial charge < -0.3 is 21.1 Å². The summed E-state index contributed by atoms with van der Waals surface area (Å²) >= 11 is 0. The molecule has 6 nitrogen and oxygen atoms in total. The number of nitrogen functional groups attached to an aromatic ring is 1. The molecule has 0 aliphatic heterocycles. The van der Waals surface area contributed by atoms with E-state index in [0.29, 0.717) is 11.5 Å². The zero-order chi connectivity index (χ0) is 14.4. The standard InChI is InChI=1S/C13H22N4O2/c1-4-17(5-2)8-9(3)16-12-11(13(18)19)6-10(14)7-15-12/h6-7,9H,4-5,8,14H2,1-3H3,(H,15,16)(H,18,19). The lowest BCUT2D eigenvalue weighted by Crippen LogP contribution is -2.35. The molecule has 0 amide bonds. The van der Waals surface area contributed by atoms with Gasteiger partial charge in [0.15, 0.2) is 0 Å². The molecule has 1 heterocycles. The van der Waals surface area contributed by atoms with E-state index in [4.69, 9.17) is 10.8 Å². The average Bonchev–Trinajstić information content (AvgIpc) is 2.37. The minimum atomic E-state index is -1.03. The van der Waals surface area contributed by atoms with Gasteiger partial charge in [0.2, 0.25) is 0 Å². The van der Waals surface area contributed by atoms with Gasteiger partial charge in [0.05, 0.1) is 11.9 Å². The minimum absolute atomic E-state index is 0.103. The zero-order valence-corrected chi connectivity index (χ0v) is 11.7.